The topological polar surface area (TPSA) is 83.6 Å². The maximum atomic E-state index is 5.59. The van der Waals surface area contributed by atoms with E-state index in [1.807, 2.05) is 34.9 Å². The van der Waals surface area contributed by atoms with Gasteiger partial charge in [0.15, 0.2) is 5.76 Å². The molecule has 4 rings (SSSR count). The quantitative estimate of drug-likeness (QED) is 0.598. The lowest BCUT2D eigenvalue weighted by Gasteiger charge is -2.22. The first kappa shape index (κ1) is 18.7. The first-order chi connectivity index (χ1) is 13.8. The summed E-state index contributed by atoms with van der Waals surface area (Å²) < 4.78 is 27.5. The standard InChI is InChI=1S/C19H22N4O4S/c1-24-14-7-3-8-15(25-2)17(14)23-18(16-9-5-11-27-16)20-21-19(23)22-28-13-6-4-10-26-12-13/h3,5,7-9,11,13H,4,6,10,12H2,1-2H3,(H,21,22). The smallest absolute Gasteiger partial charge is 0.239 e. The van der Waals surface area contributed by atoms with E-state index in [0.29, 0.717) is 40.0 Å². The van der Waals surface area contributed by atoms with Crippen molar-refractivity contribution in [2.24, 2.45) is 0 Å². The minimum Gasteiger partial charge on any atom is -0.494 e. The Morgan fingerprint density at radius 3 is 2.61 bits per heavy atom. The molecule has 3 heterocycles. The molecule has 9 heteroatoms. The minimum atomic E-state index is 0.352. The number of para-hydroxylation sites is 1. The number of hydrogen-bond acceptors (Lipinski definition) is 8. The van der Waals surface area contributed by atoms with Crippen molar-refractivity contribution in [2.75, 3.05) is 32.2 Å². The van der Waals surface area contributed by atoms with Gasteiger partial charge in [-0.15, -0.1) is 10.2 Å². The lowest BCUT2D eigenvalue weighted by molar-refractivity contribution is 0.102. The molecular weight excluding hydrogens is 380 g/mol. The van der Waals surface area contributed by atoms with Crippen molar-refractivity contribution in [3.8, 4) is 28.8 Å². The van der Waals surface area contributed by atoms with Crippen LogP contribution >= 0.6 is 11.9 Å². The highest BCUT2D eigenvalue weighted by Gasteiger charge is 2.24. The second-order valence-electron chi connectivity index (χ2n) is 6.23. The number of nitrogens with one attached hydrogen (secondary N) is 1. The van der Waals surface area contributed by atoms with Gasteiger partial charge < -0.3 is 18.6 Å². The largest absolute Gasteiger partial charge is 0.494 e. The van der Waals surface area contributed by atoms with Crippen molar-refractivity contribution in [3.63, 3.8) is 0 Å². The molecule has 0 radical (unpaired) electrons. The molecule has 2 aromatic heterocycles. The number of hydrogen-bond donors (Lipinski definition) is 1. The summed E-state index contributed by atoms with van der Waals surface area (Å²) in [7, 11) is 3.24. The van der Waals surface area contributed by atoms with Crippen LogP contribution in [0.3, 0.4) is 0 Å². The normalized spacial score (nSPS) is 16.7. The highest BCUT2D eigenvalue weighted by molar-refractivity contribution is 8.01. The molecule has 1 fully saturated rings. The molecule has 1 N–H and O–H groups in total. The maximum absolute atomic E-state index is 5.59. The Bertz CT molecular complexity index is 885. The number of methoxy groups -OCH3 is 2. The van der Waals surface area contributed by atoms with Crippen molar-refractivity contribution < 1.29 is 18.6 Å². The lowest BCUT2D eigenvalue weighted by atomic mass is 10.2. The average Bonchev–Trinajstić information content (AvgIpc) is 3.42. The third kappa shape index (κ3) is 3.67. The van der Waals surface area contributed by atoms with Crippen LogP contribution in [0.15, 0.2) is 41.0 Å². The van der Waals surface area contributed by atoms with Crippen LogP contribution in [0.25, 0.3) is 17.3 Å². The molecule has 1 aliphatic rings. The molecule has 0 bridgehead atoms. The van der Waals surface area contributed by atoms with Gasteiger partial charge >= 0.3 is 0 Å². The van der Waals surface area contributed by atoms with Gasteiger partial charge in [-0.1, -0.05) is 6.07 Å². The minimum absolute atomic E-state index is 0.352. The molecule has 0 saturated carbocycles. The molecule has 3 aromatic rings. The summed E-state index contributed by atoms with van der Waals surface area (Å²) in [6.07, 6.45) is 3.76. The summed E-state index contributed by atoms with van der Waals surface area (Å²) in [5, 5.41) is 9.06. The monoisotopic (exact) mass is 402 g/mol. The van der Waals surface area contributed by atoms with Gasteiger partial charge in [0.05, 0.1) is 27.1 Å². The first-order valence-electron chi connectivity index (χ1n) is 9.02. The zero-order chi connectivity index (χ0) is 19.3. The number of furan rings is 1. The summed E-state index contributed by atoms with van der Waals surface area (Å²) in [4.78, 5) is 0. The molecular formula is C19H22N4O4S. The third-order valence-corrected chi connectivity index (χ3v) is 5.47. The van der Waals surface area contributed by atoms with Crippen LogP contribution in [0.1, 0.15) is 12.8 Å². The fraction of sp³-hybridized carbons (Fsp3) is 0.368. The van der Waals surface area contributed by atoms with Crippen LogP contribution in [0.2, 0.25) is 0 Å². The second kappa shape index (κ2) is 8.57. The zero-order valence-electron chi connectivity index (χ0n) is 15.8. The molecule has 8 nitrogen and oxygen atoms in total. The fourth-order valence-electron chi connectivity index (χ4n) is 3.12. The van der Waals surface area contributed by atoms with Crippen LogP contribution in [0.4, 0.5) is 5.95 Å². The predicted molar refractivity (Wildman–Crippen MR) is 107 cm³/mol. The Hall–Kier alpha value is -2.65. The summed E-state index contributed by atoms with van der Waals surface area (Å²) in [6.45, 7) is 1.54. The molecule has 1 atom stereocenters. The van der Waals surface area contributed by atoms with Crippen LogP contribution in [0.5, 0.6) is 11.5 Å². The maximum Gasteiger partial charge on any atom is 0.239 e. The van der Waals surface area contributed by atoms with Crippen molar-refractivity contribution in [1.29, 1.82) is 0 Å². The van der Waals surface area contributed by atoms with E-state index in [0.717, 1.165) is 26.1 Å². The van der Waals surface area contributed by atoms with E-state index in [2.05, 4.69) is 14.9 Å². The highest BCUT2D eigenvalue weighted by Crippen LogP contribution is 2.38. The SMILES string of the molecule is COc1cccc(OC)c1-n1c(NSC2CCCOC2)nnc1-c1ccco1. The van der Waals surface area contributed by atoms with Gasteiger partial charge in [-0.2, -0.15) is 0 Å². The van der Waals surface area contributed by atoms with Gasteiger partial charge in [0.25, 0.3) is 0 Å². The Balaban J connectivity index is 1.77. The molecule has 1 aromatic carbocycles. The van der Waals surface area contributed by atoms with E-state index in [1.54, 1.807) is 32.4 Å². The number of ether oxygens (including phenoxy) is 3. The fourth-order valence-corrected chi connectivity index (χ4v) is 3.97. The summed E-state index contributed by atoms with van der Waals surface area (Å²) in [5.41, 5.74) is 0.701. The molecule has 1 saturated heterocycles. The number of aromatic nitrogens is 3. The van der Waals surface area contributed by atoms with E-state index in [4.69, 9.17) is 18.6 Å². The number of nitrogens with zero attached hydrogens (tertiary/aromatic N) is 3. The second-order valence-corrected chi connectivity index (χ2v) is 7.34. The van der Waals surface area contributed by atoms with E-state index in [1.165, 1.54) is 0 Å². The zero-order valence-corrected chi connectivity index (χ0v) is 16.6. The van der Waals surface area contributed by atoms with Crippen LogP contribution in [-0.2, 0) is 4.74 Å². The Kier molecular flexibility index (Phi) is 5.73. The molecule has 0 aliphatic carbocycles. The van der Waals surface area contributed by atoms with Gasteiger partial charge in [0.1, 0.15) is 17.2 Å². The highest BCUT2D eigenvalue weighted by atomic mass is 32.2. The molecule has 1 aliphatic heterocycles. The lowest BCUT2D eigenvalue weighted by Crippen LogP contribution is -2.21. The van der Waals surface area contributed by atoms with Crippen molar-refractivity contribution in [1.82, 2.24) is 14.8 Å². The molecule has 0 amide bonds. The molecule has 28 heavy (non-hydrogen) atoms. The molecule has 0 spiro atoms. The van der Waals surface area contributed by atoms with E-state index >= 15 is 0 Å². The van der Waals surface area contributed by atoms with E-state index in [9.17, 15) is 0 Å². The van der Waals surface area contributed by atoms with Crippen LogP contribution in [0, 0.1) is 0 Å². The van der Waals surface area contributed by atoms with E-state index in [-0.39, 0.29) is 0 Å². The van der Waals surface area contributed by atoms with Gasteiger partial charge in [-0.25, -0.2) is 0 Å². The Morgan fingerprint density at radius 1 is 1.14 bits per heavy atom. The first-order valence-corrected chi connectivity index (χ1v) is 9.90. The predicted octanol–water partition coefficient (Wildman–Crippen LogP) is 3.78. The van der Waals surface area contributed by atoms with Gasteiger partial charge in [-0.3, -0.25) is 9.29 Å². The van der Waals surface area contributed by atoms with Gasteiger partial charge in [-0.05, 0) is 49.1 Å². The molecule has 148 valence electrons. The number of benzene rings is 1. The van der Waals surface area contributed by atoms with Crippen LogP contribution < -0.4 is 14.2 Å². The Morgan fingerprint density at radius 2 is 1.96 bits per heavy atom. The van der Waals surface area contributed by atoms with Crippen molar-refractivity contribution >= 4 is 17.9 Å². The van der Waals surface area contributed by atoms with Gasteiger partial charge in [0.2, 0.25) is 11.8 Å². The van der Waals surface area contributed by atoms with E-state index < -0.39 is 0 Å². The summed E-state index contributed by atoms with van der Waals surface area (Å²) in [6, 6.07) is 9.27. The van der Waals surface area contributed by atoms with Crippen molar-refractivity contribution in [3.05, 3.63) is 36.6 Å². The number of anilines is 1. The van der Waals surface area contributed by atoms with Crippen LogP contribution in [-0.4, -0.2) is 47.4 Å². The van der Waals surface area contributed by atoms with Crippen molar-refractivity contribution in [2.45, 2.75) is 18.1 Å². The molecule has 1 unspecified atom stereocenters. The summed E-state index contributed by atoms with van der Waals surface area (Å²) in [5.74, 6) is 2.99. The number of rotatable bonds is 7. The summed E-state index contributed by atoms with van der Waals surface area (Å²) >= 11 is 1.59. The average molecular weight is 402 g/mol. The third-order valence-electron chi connectivity index (χ3n) is 4.47. The van der Waals surface area contributed by atoms with Gasteiger partial charge in [0, 0.05) is 11.9 Å². The Labute approximate surface area is 167 Å².